The lowest BCUT2D eigenvalue weighted by atomic mass is 10.1. The molecule has 0 saturated carbocycles. The van der Waals surface area contributed by atoms with Crippen LogP contribution in [0.5, 0.6) is 0 Å². The van der Waals surface area contributed by atoms with E-state index >= 15 is 0 Å². The van der Waals surface area contributed by atoms with Gasteiger partial charge in [0, 0.05) is 18.3 Å². The molecule has 0 aromatic heterocycles. The van der Waals surface area contributed by atoms with Gasteiger partial charge in [-0.3, -0.25) is 9.59 Å². The van der Waals surface area contributed by atoms with E-state index in [4.69, 9.17) is 0 Å². The van der Waals surface area contributed by atoms with E-state index < -0.39 is 6.04 Å². The number of nitrogens with one attached hydrogen (secondary N) is 1. The summed E-state index contributed by atoms with van der Waals surface area (Å²) in [6, 6.07) is 15.6. The number of nitrogens with zero attached hydrogens (tertiary/aromatic N) is 1. The lowest BCUT2D eigenvalue weighted by Crippen LogP contribution is -2.50. The lowest BCUT2D eigenvalue weighted by Gasteiger charge is -2.29. The second kappa shape index (κ2) is 11.6. The smallest absolute Gasteiger partial charge is 0.242 e. The van der Waals surface area contributed by atoms with Crippen molar-refractivity contribution >= 4 is 23.6 Å². The molecule has 0 aliphatic rings. The molecule has 2 amide bonds. The number of halogens is 1. The standard InChI is InChI=1S/C23H29FN2O2S/c1-4-17(2)25-23(28)18(3)26(14-19-10-6-5-7-11-19)22(27)16-29-15-20-12-8-9-13-21(20)24/h5-13,17-18H,4,14-16H2,1-3H3,(H,25,28). The summed E-state index contributed by atoms with van der Waals surface area (Å²) in [5.41, 5.74) is 1.53. The minimum atomic E-state index is -0.592. The third-order valence-corrected chi connectivity index (χ3v) is 5.77. The van der Waals surface area contributed by atoms with Gasteiger partial charge in [0.1, 0.15) is 11.9 Å². The van der Waals surface area contributed by atoms with Gasteiger partial charge in [-0.25, -0.2) is 4.39 Å². The monoisotopic (exact) mass is 416 g/mol. The summed E-state index contributed by atoms with van der Waals surface area (Å²) >= 11 is 1.35. The van der Waals surface area contributed by atoms with Crippen molar-refractivity contribution in [3.8, 4) is 0 Å². The molecule has 156 valence electrons. The van der Waals surface area contributed by atoms with Gasteiger partial charge in [0.15, 0.2) is 0 Å². The van der Waals surface area contributed by atoms with Crippen molar-refractivity contribution < 1.29 is 14.0 Å². The van der Waals surface area contributed by atoms with Crippen molar-refractivity contribution in [3.05, 3.63) is 71.5 Å². The fourth-order valence-electron chi connectivity index (χ4n) is 2.77. The maximum Gasteiger partial charge on any atom is 0.242 e. The predicted octanol–water partition coefficient (Wildman–Crippen LogP) is 4.39. The van der Waals surface area contributed by atoms with Crippen LogP contribution in [-0.4, -0.2) is 34.6 Å². The Kier molecular flexibility index (Phi) is 9.19. The zero-order valence-corrected chi connectivity index (χ0v) is 18.0. The highest BCUT2D eigenvalue weighted by atomic mass is 32.2. The van der Waals surface area contributed by atoms with Crippen LogP contribution in [0.1, 0.15) is 38.3 Å². The summed E-state index contributed by atoms with van der Waals surface area (Å²) in [5, 5.41) is 2.95. The summed E-state index contributed by atoms with van der Waals surface area (Å²) in [7, 11) is 0. The van der Waals surface area contributed by atoms with E-state index in [1.165, 1.54) is 17.8 Å². The van der Waals surface area contributed by atoms with Crippen LogP contribution in [0.4, 0.5) is 4.39 Å². The molecular weight excluding hydrogens is 387 g/mol. The van der Waals surface area contributed by atoms with Crippen LogP contribution in [-0.2, 0) is 21.9 Å². The highest BCUT2D eigenvalue weighted by Crippen LogP contribution is 2.18. The first kappa shape index (κ1) is 22.9. The Bertz CT molecular complexity index is 800. The van der Waals surface area contributed by atoms with Gasteiger partial charge in [-0.2, -0.15) is 0 Å². The molecule has 0 aliphatic carbocycles. The number of hydrogen-bond donors (Lipinski definition) is 1. The molecule has 6 heteroatoms. The van der Waals surface area contributed by atoms with E-state index in [1.54, 1.807) is 30.0 Å². The zero-order chi connectivity index (χ0) is 21.2. The van der Waals surface area contributed by atoms with Gasteiger partial charge in [-0.15, -0.1) is 11.8 Å². The van der Waals surface area contributed by atoms with Crippen molar-refractivity contribution in [1.82, 2.24) is 10.2 Å². The average Bonchev–Trinajstić information content (AvgIpc) is 2.73. The normalized spacial score (nSPS) is 12.8. The van der Waals surface area contributed by atoms with Gasteiger partial charge in [0.2, 0.25) is 11.8 Å². The topological polar surface area (TPSA) is 49.4 Å². The van der Waals surface area contributed by atoms with Crippen molar-refractivity contribution in [2.24, 2.45) is 0 Å². The second-order valence-corrected chi connectivity index (χ2v) is 8.07. The van der Waals surface area contributed by atoms with Gasteiger partial charge in [-0.1, -0.05) is 55.5 Å². The number of hydrogen-bond acceptors (Lipinski definition) is 3. The Labute approximate surface area is 176 Å². The van der Waals surface area contributed by atoms with Crippen molar-refractivity contribution in [3.63, 3.8) is 0 Å². The van der Waals surface area contributed by atoms with Gasteiger partial charge in [0.25, 0.3) is 0 Å². The minimum absolute atomic E-state index is 0.0501. The van der Waals surface area contributed by atoms with Crippen LogP contribution < -0.4 is 5.32 Å². The zero-order valence-electron chi connectivity index (χ0n) is 17.2. The maximum absolute atomic E-state index is 13.8. The summed E-state index contributed by atoms with van der Waals surface area (Å²) in [4.78, 5) is 27.2. The molecule has 2 atom stereocenters. The molecule has 0 aliphatic heterocycles. The van der Waals surface area contributed by atoms with E-state index in [9.17, 15) is 14.0 Å². The molecule has 4 nitrogen and oxygen atoms in total. The van der Waals surface area contributed by atoms with Gasteiger partial charge in [-0.05, 0) is 37.5 Å². The molecule has 0 heterocycles. The molecule has 2 aromatic carbocycles. The quantitative estimate of drug-likeness (QED) is 0.625. The Morgan fingerprint density at radius 3 is 2.38 bits per heavy atom. The average molecular weight is 417 g/mol. The Balaban J connectivity index is 2.05. The van der Waals surface area contributed by atoms with Crippen molar-refractivity contribution in [2.45, 2.75) is 51.6 Å². The van der Waals surface area contributed by atoms with Crippen LogP contribution >= 0.6 is 11.8 Å². The molecule has 0 saturated heterocycles. The molecule has 2 unspecified atom stereocenters. The first-order valence-corrected chi connectivity index (χ1v) is 11.0. The lowest BCUT2D eigenvalue weighted by molar-refractivity contribution is -0.138. The third-order valence-electron chi connectivity index (χ3n) is 4.81. The third kappa shape index (κ3) is 7.20. The highest BCUT2D eigenvalue weighted by Gasteiger charge is 2.26. The highest BCUT2D eigenvalue weighted by molar-refractivity contribution is 7.99. The molecule has 0 fully saturated rings. The first-order chi connectivity index (χ1) is 13.9. The van der Waals surface area contributed by atoms with Crippen LogP contribution in [0.15, 0.2) is 54.6 Å². The molecule has 2 rings (SSSR count). The Morgan fingerprint density at radius 1 is 1.07 bits per heavy atom. The number of benzene rings is 2. The molecule has 29 heavy (non-hydrogen) atoms. The fraction of sp³-hybridized carbons (Fsp3) is 0.391. The summed E-state index contributed by atoms with van der Waals surface area (Å²) < 4.78 is 13.8. The fourth-order valence-corrected chi connectivity index (χ4v) is 3.67. The van der Waals surface area contributed by atoms with Crippen LogP contribution in [0.25, 0.3) is 0 Å². The summed E-state index contributed by atoms with van der Waals surface area (Å²) in [6.07, 6.45) is 0.823. The van der Waals surface area contributed by atoms with Crippen molar-refractivity contribution in [2.75, 3.05) is 5.75 Å². The van der Waals surface area contributed by atoms with Gasteiger partial charge in [0.05, 0.1) is 5.75 Å². The van der Waals surface area contributed by atoms with E-state index in [2.05, 4.69) is 5.32 Å². The van der Waals surface area contributed by atoms with Gasteiger partial charge < -0.3 is 10.2 Å². The SMILES string of the molecule is CCC(C)NC(=O)C(C)N(Cc1ccccc1)C(=O)CSCc1ccccc1F. The van der Waals surface area contributed by atoms with E-state index in [1.807, 2.05) is 44.2 Å². The number of thioether (sulfide) groups is 1. The van der Waals surface area contributed by atoms with E-state index in [0.29, 0.717) is 17.9 Å². The van der Waals surface area contributed by atoms with Crippen LogP contribution in [0.2, 0.25) is 0 Å². The summed E-state index contributed by atoms with van der Waals surface area (Å²) in [6.45, 7) is 6.05. The Hall–Kier alpha value is -2.34. The molecule has 1 N–H and O–H groups in total. The van der Waals surface area contributed by atoms with Crippen LogP contribution in [0.3, 0.4) is 0 Å². The predicted molar refractivity (Wildman–Crippen MR) is 117 cm³/mol. The number of rotatable bonds is 10. The largest absolute Gasteiger partial charge is 0.352 e. The molecule has 0 radical (unpaired) electrons. The van der Waals surface area contributed by atoms with Crippen LogP contribution in [0, 0.1) is 5.82 Å². The molecule has 0 bridgehead atoms. The minimum Gasteiger partial charge on any atom is -0.352 e. The molecular formula is C23H29FN2O2S. The maximum atomic E-state index is 13.8. The first-order valence-electron chi connectivity index (χ1n) is 9.87. The number of carbonyl (C=O) groups excluding carboxylic acids is 2. The number of carbonyl (C=O) groups is 2. The van der Waals surface area contributed by atoms with E-state index in [-0.39, 0.29) is 29.4 Å². The number of amides is 2. The molecule has 0 spiro atoms. The van der Waals surface area contributed by atoms with Crippen molar-refractivity contribution in [1.29, 1.82) is 0 Å². The molecule has 2 aromatic rings. The van der Waals surface area contributed by atoms with Gasteiger partial charge >= 0.3 is 0 Å². The second-order valence-electron chi connectivity index (χ2n) is 7.09. The Morgan fingerprint density at radius 2 is 1.72 bits per heavy atom. The summed E-state index contributed by atoms with van der Waals surface area (Å²) in [5.74, 6) is 0.0206. The van der Waals surface area contributed by atoms with E-state index in [0.717, 1.165) is 12.0 Å².